The van der Waals surface area contributed by atoms with Crippen LogP contribution in [0.15, 0.2) is 30.4 Å². The topological polar surface area (TPSA) is 75.6 Å². The molecule has 0 saturated carbocycles. The molecule has 0 radical (unpaired) electrons. The minimum atomic E-state index is -0.993. The summed E-state index contributed by atoms with van der Waals surface area (Å²) in [6.45, 7) is 3.85. The summed E-state index contributed by atoms with van der Waals surface area (Å²) in [5, 5.41) is 12.2. The average Bonchev–Trinajstić information content (AvgIpc) is 3.03. The van der Waals surface area contributed by atoms with Crippen molar-refractivity contribution in [3.63, 3.8) is 0 Å². The van der Waals surface area contributed by atoms with E-state index in [1.54, 1.807) is 12.2 Å². The number of benzene rings is 1. The second kappa shape index (κ2) is 5.00. The van der Waals surface area contributed by atoms with Crippen molar-refractivity contribution < 1.29 is 19.4 Å². The number of anilines is 1. The third-order valence-electron chi connectivity index (χ3n) is 4.14. The number of rotatable bonds is 3. The molecule has 2 heterocycles. The summed E-state index contributed by atoms with van der Waals surface area (Å²) >= 11 is 0. The number of hydrogen-bond acceptors (Lipinski definition) is 3. The summed E-state index contributed by atoms with van der Waals surface area (Å²) in [7, 11) is 0. The van der Waals surface area contributed by atoms with E-state index in [2.05, 4.69) is 5.32 Å². The molecule has 1 fully saturated rings. The molecule has 2 bridgehead atoms. The van der Waals surface area contributed by atoms with E-state index in [0.29, 0.717) is 0 Å². The first-order valence-corrected chi connectivity index (χ1v) is 6.92. The van der Waals surface area contributed by atoms with E-state index in [1.165, 1.54) is 0 Å². The molecule has 21 heavy (non-hydrogen) atoms. The van der Waals surface area contributed by atoms with Crippen molar-refractivity contribution in [3.8, 4) is 0 Å². The van der Waals surface area contributed by atoms with Crippen LogP contribution in [0.1, 0.15) is 11.1 Å². The molecule has 1 aromatic carbocycles. The SMILES string of the molecule is Cc1ccc(C)c(NC(=O)[C@H]2[C@@H](C(=O)O)[C@@H]3C=C[C@@H]2O3)c1. The molecular weight excluding hydrogens is 270 g/mol. The molecule has 0 aliphatic carbocycles. The third kappa shape index (κ3) is 2.34. The maximum absolute atomic E-state index is 12.5. The second-order valence-corrected chi connectivity index (χ2v) is 5.65. The molecule has 1 amide bonds. The van der Waals surface area contributed by atoms with Crippen LogP contribution in [0.25, 0.3) is 0 Å². The number of carbonyl (C=O) groups is 2. The average molecular weight is 287 g/mol. The highest BCUT2D eigenvalue weighted by Crippen LogP contribution is 2.40. The highest BCUT2D eigenvalue weighted by atomic mass is 16.5. The Kier molecular flexibility index (Phi) is 3.29. The quantitative estimate of drug-likeness (QED) is 0.833. The van der Waals surface area contributed by atoms with Crippen molar-refractivity contribution >= 4 is 17.6 Å². The number of amides is 1. The van der Waals surface area contributed by atoms with Gasteiger partial charge in [0.2, 0.25) is 5.91 Å². The number of nitrogens with one attached hydrogen (secondary N) is 1. The van der Waals surface area contributed by atoms with Crippen molar-refractivity contribution in [2.45, 2.75) is 26.1 Å². The first kappa shape index (κ1) is 13.8. The van der Waals surface area contributed by atoms with Gasteiger partial charge in [0.1, 0.15) is 5.92 Å². The lowest BCUT2D eigenvalue weighted by molar-refractivity contribution is -0.145. The molecule has 2 aliphatic heterocycles. The van der Waals surface area contributed by atoms with E-state index in [0.717, 1.165) is 16.8 Å². The van der Waals surface area contributed by atoms with Gasteiger partial charge in [-0.05, 0) is 31.0 Å². The lowest BCUT2D eigenvalue weighted by Gasteiger charge is -2.21. The van der Waals surface area contributed by atoms with Gasteiger partial charge in [-0.2, -0.15) is 0 Å². The fourth-order valence-electron chi connectivity index (χ4n) is 3.00. The number of carbonyl (C=O) groups excluding carboxylic acids is 1. The maximum atomic E-state index is 12.5. The van der Waals surface area contributed by atoms with Crippen molar-refractivity contribution in [1.82, 2.24) is 0 Å². The van der Waals surface area contributed by atoms with E-state index >= 15 is 0 Å². The number of aliphatic carboxylic acids is 1. The van der Waals surface area contributed by atoms with Gasteiger partial charge >= 0.3 is 5.97 Å². The predicted octanol–water partition coefficient (Wildman–Crippen LogP) is 1.90. The highest BCUT2D eigenvalue weighted by Gasteiger charge is 2.53. The monoisotopic (exact) mass is 287 g/mol. The van der Waals surface area contributed by atoms with Crippen LogP contribution in [0.2, 0.25) is 0 Å². The standard InChI is InChI=1S/C16H17NO4/c1-8-3-4-9(2)10(7-8)17-15(18)13-11-5-6-12(21-11)14(13)16(19)20/h3-7,11-14H,1-2H3,(H,17,18)(H,19,20)/t11-,12-,13+,14-/m0/s1. The van der Waals surface area contributed by atoms with Gasteiger partial charge in [0.05, 0.1) is 18.1 Å². The Hall–Kier alpha value is -2.14. The van der Waals surface area contributed by atoms with Crippen molar-refractivity contribution in [2.24, 2.45) is 11.8 Å². The zero-order valence-corrected chi connectivity index (χ0v) is 11.9. The first-order valence-electron chi connectivity index (χ1n) is 6.92. The molecule has 5 nitrogen and oxygen atoms in total. The summed E-state index contributed by atoms with van der Waals surface area (Å²) in [5.74, 6) is -2.79. The van der Waals surface area contributed by atoms with Crippen molar-refractivity contribution in [2.75, 3.05) is 5.32 Å². The number of ether oxygens (including phenoxy) is 1. The van der Waals surface area contributed by atoms with Gasteiger partial charge in [-0.1, -0.05) is 24.3 Å². The van der Waals surface area contributed by atoms with Gasteiger partial charge in [0.25, 0.3) is 0 Å². The van der Waals surface area contributed by atoms with Gasteiger partial charge in [-0.3, -0.25) is 9.59 Å². The molecule has 2 N–H and O–H groups in total. The lowest BCUT2D eigenvalue weighted by Crippen LogP contribution is -2.39. The number of fused-ring (bicyclic) bond motifs is 2. The zero-order valence-electron chi connectivity index (χ0n) is 11.9. The van der Waals surface area contributed by atoms with Crippen LogP contribution in [-0.4, -0.2) is 29.2 Å². The summed E-state index contributed by atoms with van der Waals surface area (Å²) in [4.78, 5) is 23.9. The van der Waals surface area contributed by atoms with Crippen LogP contribution in [0, 0.1) is 25.7 Å². The van der Waals surface area contributed by atoms with Crippen molar-refractivity contribution in [3.05, 3.63) is 41.5 Å². The Bertz CT molecular complexity index is 637. The Labute approximate surface area is 122 Å². The minimum absolute atomic E-state index is 0.298. The number of hydrogen-bond donors (Lipinski definition) is 2. The molecule has 4 atom stereocenters. The first-order chi connectivity index (χ1) is 9.97. The molecule has 0 aromatic heterocycles. The van der Waals surface area contributed by atoms with Crippen LogP contribution < -0.4 is 5.32 Å². The summed E-state index contributed by atoms with van der Waals surface area (Å²) in [6, 6.07) is 5.78. The maximum Gasteiger partial charge on any atom is 0.310 e. The second-order valence-electron chi connectivity index (χ2n) is 5.65. The third-order valence-corrected chi connectivity index (χ3v) is 4.14. The fraction of sp³-hybridized carbons (Fsp3) is 0.375. The van der Waals surface area contributed by atoms with E-state index in [9.17, 15) is 14.7 Å². The zero-order chi connectivity index (χ0) is 15.1. The lowest BCUT2D eigenvalue weighted by atomic mass is 9.82. The van der Waals surface area contributed by atoms with Gasteiger partial charge in [-0.15, -0.1) is 0 Å². The van der Waals surface area contributed by atoms with Gasteiger partial charge < -0.3 is 15.2 Å². The highest BCUT2D eigenvalue weighted by molar-refractivity contribution is 5.97. The van der Waals surface area contributed by atoms with Crippen LogP contribution in [-0.2, 0) is 14.3 Å². The molecular formula is C16H17NO4. The van der Waals surface area contributed by atoms with E-state index < -0.39 is 30.0 Å². The molecule has 2 aliphatic rings. The molecule has 0 spiro atoms. The Balaban J connectivity index is 1.83. The molecule has 5 heteroatoms. The summed E-state index contributed by atoms with van der Waals surface area (Å²) in [5.41, 5.74) is 2.70. The fourth-order valence-corrected chi connectivity index (χ4v) is 3.00. The number of aryl methyl sites for hydroxylation is 2. The summed E-state index contributed by atoms with van der Waals surface area (Å²) < 4.78 is 5.52. The molecule has 110 valence electrons. The van der Waals surface area contributed by atoms with E-state index in [1.807, 2.05) is 32.0 Å². The Morgan fingerprint density at radius 3 is 2.48 bits per heavy atom. The molecule has 0 unspecified atom stereocenters. The van der Waals surface area contributed by atoms with Gasteiger partial charge in [-0.25, -0.2) is 0 Å². The number of carboxylic acids is 1. The van der Waals surface area contributed by atoms with Crippen LogP contribution in [0.3, 0.4) is 0 Å². The summed E-state index contributed by atoms with van der Waals surface area (Å²) in [6.07, 6.45) is 2.56. The Morgan fingerprint density at radius 1 is 1.14 bits per heavy atom. The van der Waals surface area contributed by atoms with Crippen molar-refractivity contribution in [1.29, 1.82) is 0 Å². The molecule has 3 rings (SSSR count). The van der Waals surface area contributed by atoms with Crippen LogP contribution >= 0.6 is 0 Å². The van der Waals surface area contributed by atoms with E-state index in [4.69, 9.17) is 4.74 Å². The normalized spacial score (nSPS) is 29.6. The predicted molar refractivity (Wildman–Crippen MR) is 77.0 cm³/mol. The minimum Gasteiger partial charge on any atom is -0.481 e. The molecule has 1 saturated heterocycles. The molecule has 1 aromatic rings. The van der Waals surface area contributed by atoms with Gasteiger partial charge in [0.15, 0.2) is 0 Å². The van der Waals surface area contributed by atoms with Gasteiger partial charge in [0, 0.05) is 5.69 Å². The smallest absolute Gasteiger partial charge is 0.310 e. The Morgan fingerprint density at radius 2 is 1.81 bits per heavy atom. The van der Waals surface area contributed by atoms with Crippen LogP contribution in [0.5, 0.6) is 0 Å². The van der Waals surface area contributed by atoms with Crippen LogP contribution in [0.4, 0.5) is 5.69 Å². The largest absolute Gasteiger partial charge is 0.481 e. The number of carboxylic acid groups (broad SMARTS) is 1. The van der Waals surface area contributed by atoms with E-state index in [-0.39, 0.29) is 5.91 Å².